The molecule has 0 N–H and O–H groups in total. The summed E-state index contributed by atoms with van der Waals surface area (Å²) < 4.78 is 13.7. The molecule has 0 atom stereocenters. The molecule has 0 radical (unpaired) electrons. The fourth-order valence-electron chi connectivity index (χ4n) is 3.87. The van der Waals surface area contributed by atoms with Crippen LogP contribution in [0.25, 0.3) is 38.4 Å². The van der Waals surface area contributed by atoms with Gasteiger partial charge in [0.2, 0.25) is 5.89 Å². The summed E-state index contributed by atoms with van der Waals surface area (Å²) in [5.41, 5.74) is 4.90. The van der Waals surface area contributed by atoms with Crippen molar-refractivity contribution in [2.45, 2.75) is 25.8 Å². The molecule has 0 aliphatic carbocycles. The first kappa shape index (κ1) is 16.0. The third kappa shape index (κ3) is 2.68. The number of benzene rings is 2. The van der Waals surface area contributed by atoms with Gasteiger partial charge in [0.15, 0.2) is 11.3 Å². The smallest absolute Gasteiger partial charge is 0.227 e. The number of aryl methyl sites for hydroxylation is 1. The first-order valence-corrected chi connectivity index (χ1v) is 9.08. The molecule has 27 heavy (non-hydrogen) atoms. The first-order valence-electron chi connectivity index (χ1n) is 9.08. The van der Waals surface area contributed by atoms with Gasteiger partial charge in [-0.1, -0.05) is 6.07 Å². The summed E-state index contributed by atoms with van der Waals surface area (Å²) >= 11 is 0. The van der Waals surface area contributed by atoms with E-state index in [1.807, 2.05) is 12.1 Å². The van der Waals surface area contributed by atoms with Crippen LogP contribution in [-0.2, 0) is 4.74 Å². The van der Waals surface area contributed by atoms with Gasteiger partial charge in [-0.25, -0.2) is 14.8 Å². The number of aromatic nitrogens is 3. The normalized spacial score (nSPS) is 15.4. The molecular weight excluding hydrogens is 340 g/mol. The van der Waals surface area contributed by atoms with Gasteiger partial charge >= 0.3 is 0 Å². The van der Waals surface area contributed by atoms with Gasteiger partial charge in [-0.15, -0.1) is 0 Å². The Balaban J connectivity index is 1.58. The molecule has 6 heteroatoms. The lowest BCUT2D eigenvalue weighted by Gasteiger charge is -2.25. The van der Waals surface area contributed by atoms with Crippen molar-refractivity contribution >= 4 is 27.8 Å². The van der Waals surface area contributed by atoms with Crippen molar-refractivity contribution in [2.24, 2.45) is 0 Å². The molecule has 2 aromatic heterocycles. The fraction of sp³-hybridized carbons (Fsp3) is 0.286. The largest absolute Gasteiger partial charge is 0.436 e. The number of hydrogen-bond acceptors (Lipinski definition) is 4. The topological polar surface area (TPSA) is 57.4 Å². The average molecular weight is 358 g/mol. The highest BCUT2D eigenvalue weighted by atomic mass is 16.5. The van der Waals surface area contributed by atoms with Crippen LogP contribution in [0.2, 0.25) is 0 Å². The van der Waals surface area contributed by atoms with Crippen LogP contribution >= 0.6 is 0 Å². The molecule has 0 amide bonds. The lowest BCUT2D eigenvalue weighted by atomic mass is 10.1. The summed E-state index contributed by atoms with van der Waals surface area (Å²) in [5.74, 6) is 1.57. The van der Waals surface area contributed by atoms with E-state index >= 15 is 0 Å². The van der Waals surface area contributed by atoms with Crippen LogP contribution in [0.1, 0.15) is 24.7 Å². The van der Waals surface area contributed by atoms with Crippen LogP contribution < -0.4 is 0 Å². The van der Waals surface area contributed by atoms with Gasteiger partial charge in [0.05, 0.1) is 23.1 Å². The van der Waals surface area contributed by atoms with E-state index in [0.717, 1.165) is 48.5 Å². The van der Waals surface area contributed by atoms with E-state index < -0.39 is 0 Å². The number of oxazole rings is 1. The fourth-order valence-corrected chi connectivity index (χ4v) is 3.87. The zero-order chi connectivity index (χ0) is 18.4. The van der Waals surface area contributed by atoms with Crippen LogP contribution in [0, 0.1) is 13.5 Å². The summed E-state index contributed by atoms with van der Waals surface area (Å²) in [5, 5.41) is 0. The summed E-state index contributed by atoms with van der Waals surface area (Å²) in [6, 6.07) is 11.9. The zero-order valence-electron chi connectivity index (χ0n) is 15.0. The molecule has 1 fully saturated rings. The molecule has 1 saturated heterocycles. The quantitative estimate of drug-likeness (QED) is 0.470. The molecule has 6 nitrogen and oxygen atoms in total. The number of fused-ring (bicyclic) bond motifs is 2. The van der Waals surface area contributed by atoms with Gasteiger partial charge in [0, 0.05) is 24.8 Å². The van der Waals surface area contributed by atoms with E-state index in [1.165, 1.54) is 0 Å². The highest BCUT2D eigenvalue weighted by molar-refractivity contribution is 5.84. The minimum atomic E-state index is 0.436. The van der Waals surface area contributed by atoms with Gasteiger partial charge in [0.1, 0.15) is 5.82 Å². The number of nitrogens with zero attached hydrogens (tertiary/aromatic N) is 4. The summed E-state index contributed by atoms with van der Waals surface area (Å²) in [4.78, 5) is 12.8. The molecule has 5 rings (SSSR count). The molecule has 134 valence electrons. The Morgan fingerprint density at radius 2 is 1.93 bits per heavy atom. The predicted molar refractivity (Wildman–Crippen MR) is 103 cm³/mol. The third-order valence-corrected chi connectivity index (χ3v) is 5.17. The van der Waals surface area contributed by atoms with E-state index in [1.54, 1.807) is 18.2 Å². The minimum Gasteiger partial charge on any atom is -0.436 e. The maximum absolute atomic E-state index is 7.14. The lowest BCUT2D eigenvalue weighted by molar-refractivity contribution is 0.0701. The monoisotopic (exact) mass is 358 g/mol. The van der Waals surface area contributed by atoms with Crippen molar-refractivity contribution in [1.82, 2.24) is 14.5 Å². The second-order valence-electron chi connectivity index (χ2n) is 6.86. The molecule has 0 saturated carbocycles. The second kappa shape index (κ2) is 6.22. The van der Waals surface area contributed by atoms with Gasteiger partial charge in [-0.3, -0.25) is 0 Å². The van der Waals surface area contributed by atoms with Crippen molar-refractivity contribution in [2.75, 3.05) is 13.2 Å². The average Bonchev–Trinajstić information content (AvgIpc) is 3.27. The number of rotatable bonds is 2. The number of ether oxygens (including phenoxy) is 1. The van der Waals surface area contributed by atoms with E-state index in [4.69, 9.17) is 20.7 Å². The molecule has 1 aliphatic rings. The molecule has 1 aliphatic heterocycles. The molecule has 3 heterocycles. The Hall–Kier alpha value is -3.17. The van der Waals surface area contributed by atoms with E-state index in [2.05, 4.69) is 27.4 Å². The standard InChI is InChI=1S/C21H18N4O2/c1-13-23-17-11-14(3-5-19(17)25(13)16-7-9-26-10-8-16)21-24-18-12-15(22-2)4-6-20(18)27-21/h3-6,11-12,16H,7-10H2,1H3. The molecule has 4 aromatic rings. The van der Waals surface area contributed by atoms with Crippen molar-refractivity contribution in [1.29, 1.82) is 0 Å². The maximum atomic E-state index is 7.14. The number of hydrogen-bond donors (Lipinski definition) is 0. The third-order valence-electron chi connectivity index (χ3n) is 5.17. The highest BCUT2D eigenvalue weighted by Crippen LogP contribution is 2.32. The van der Waals surface area contributed by atoms with E-state index in [9.17, 15) is 0 Å². The Morgan fingerprint density at radius 3 is 2.74 bits per heavy atom. The molecule has 2 aromatic carbocycles. The summed E-state index contributed by atoms with van der Waals surface area (Å²) in [7, 11) is 0. The van der Waals surface area contributed by atoms with Crippen LogP contribution in [0.5, 0.6) is 0 Å². The molecule has 0 bridgehead atoms. The van der Waals surface area contributed by atoms with Crippen LogP contribution in [0.3, 0.4) is 0 Å². The Morgan fingerprint density at radius 1 is 1.07 bits per heavy atom. The van der Waals surface area contributed by atoms with E-state index in [-0.39, 0.29) is 0 Å². The van der Waals surface area contributed by atoms with Gasteiger partial charge in [-0.05, 0) is 50.1 Å². The van der Waals surface area contributed by atoms with Crippen molar-refractivity contribution in [3.8, 4) is 11.5 Å². The number of imidazole rings is 1. The Labute approximate surface area is 156 Å². The Bertz CT molecular complexity index is 1190. The summed E-state index contributed by atoms with van der Waals surface area (Å²) in [6.45, 7) is 10.8. The van der Waals surface area contributed by atoms with Gasteiger partial charge in [0.25, 0.3) is 0 Å². The second-order valence-corrected chi connectivity index (χ2v) is 6.86. The Kier molecular flexibility index (Phi) is 3.69. The van der Waals surface area contributed by atoms with Crippen LogP contribution in [0.4, 0.5) is 5.69 Å². The zero-order valence-corrected chi connectivity index (χ0v) is 15.0. The van der Waals surface area contributed by atoms with Gasteiger partial charge < -0.3 is 13.7 Å². The molecule has 0 spiro atoms. The minimum absolute atomic E-state index is 0.436. The van der Waals surface area contributed by atoms with Crippen molar-refractivity contribution in [3.05, 3.63) is 53.6 Å². The van der Waals surface area contributed by atoms with E-state index in [0.29, 0.717) is 28.7 Å². The summed E-state index contributed by atoms with van der Waals surface area (Å²) in [6.07, 6.45) is 2.03. The first-order chi connectivity index (χ1) is 13.2. The molecular formula is C21H18N4O2. The van der Waals surface area contributed by atoms with Crippen molar-refractivity contribution < 1.29 is 9.15 Å². The lowest BCUT2D eigenvalue weighted by Crippen LogP contribution is -2.20. The maximum Gasteiger partial charge on any atom is 0.227 e. The van der Waals surface area contributed by atoms with Crippen molar-refractivity contribution in [3.63, 3.8) is 0 Å². The van der Waals surface area contributed by atoms with Crippen LogP contribution in [0.15, 0.2) is 40.8 Å². The van der Waals surface area contributed by atoms with Gasteiger partial charge in [-0.2, -0.15) is 0 Å². The molecule has 0 unspecified atom stereocenters. The highest BCUT2D eigenvalue weighted by Gasteiger charge is 2.20. The SMILES string of the molecule is [C-]#[N+]c1ccc2oc(-c3ccc4c(c3)nc(C)n4C3CCOCC3)nc2c1. The van der Waals surface area contributed by atoms with Crippen LogP contribution in [-0.4, -0.2) is 27.7 Å². The predicted octanol–water partition coefficient (Wildman–Crippen LogP) is 5.06.